The van der Waals surface area contributed by atoms with Crippen molar-refractivity contribution in [1.82, 2.24) is 0 Å². The van der Waals surface area contributed by atoms with Crippen LogP contribution in [0.2, 0.25) is 0 Å². The molecule has 2 rings (SSSR count). The fourth-order valence-corrected chi connectivity index (χ4v) is 2.45. The Bertz CT molecular complexity index is 425. The van der Waals surface area contributed by atoms with E-state index in [1.165, 1.54) is 37.8 Å². The minimum Gasteiger partial charge on any atom is -0.491 e. The highest BCUT2D eigenvalue weighted by molar-refractivity contribution is 5.89. The second kappa shape index (κ2) is 5.76. The Labute approximate surface area is 107 Å². The number of carboxylic acid groups (broad SMARTS) is 1. The smallest absolute Gasteiger partial charge is 0.335 e. The van der Waals surface area contributed by atoms with Gasteiger partial charge >= 0.3 is 5.97 Å². The van der Waals surface area contributed by atoms with Crippen LogP contribution in [0.15, 0.2) is 18.2 Å². The number of ether oxygens (including phenoxy) is 1. The van der Waals surface area contributed by atoms with Crippen LogP contribution in [-0.4, -0.2) is 17.7 Å². The van der Waals surface area contributed by atoms with E-state index in [-0.39, 0.29) is 5.56 Å². The lowest BCUT2D eigenvalue weighted by molar-refractivity contribution is 0.0697. The standard InChI is InChI=1S/C14H19NO3/c15-12-9-11(14(16)17)5-6-13(12)18-8-7-10-3-1-2-4-10/h5-6,9-10H,1-4,7-8,15H2,(H,16,17). The highest BCUT2D eigenvalue weighted by Crippen LogP contribution is 2.28. The quantitative estimate of drug-likeness (QED) is 0.787. The molecule has 0 aromatic heterocycles. The van der Waals surface area contributed by atoms with E-state index >= 15 is 0 Å². The number of aromatic carboxylic acids is 1. The highest BCUT2D eigenvalue weighted by atomic mass is 16.5. The van der Waals surface area contributed by atoms with Gasteiger partial charge in [0.05, 0.1) is 17.9 Å². The summed E-state index contributed by atoms with van der Waals surface area (Å²) >= 11 is 0. The zero-order valence-electron chi connectivity index (χ0n) is 10.4. The fourth-order valence-electron chi connectivity index (χ4n) is 2.45. The first kappa shape index (κ1) is 12.7. The summed E-state index contributed by atoms with van der Waals surface area (Å²) in [5.41, 5.74) is 6.35. The monoisotopic (exact) mass is 249 g/mol. The average molecular weight is 249 g/mol. The summed E-state index contributed by atoms with van der Waals surface area (Å²) in [5.74, 6) is 0.390. The van der Waals surface area contributed by atoms with Crippen molar-refractivity contribution in [2.45, 2.75) is 32.1 Å². The third kappa shape index (κ3) is 3.15. The molecule has 98 valence electrons. The Balaban J connectivity index is 1.87. The molecular formula is C14H19NO3. The first-order valence-corrected chi connectivity index (χ1v) is 6.42. The summed E-state index contributed by atoms with van der Waals surface area (Å²) in [7, 11) is 0. The van der Waals surface area contributed by atoms with Gasteiger partial charge in [0.15, 0.2) is 0 Å². The largest absolute Gasteiger partial charge is 0.491 e. The van der Waals surface area contributed by atoms with Crippen LogP contribution < -0.4 is 10.5 Å². The molecule has 4 heteroatoms. The van der Waals surface area contributed by atoms with Crippen LogP contribution in [0.4, 0.5) is 5.69 Å². The van der Waals surface area contributed by atoms with Crippen molar-refractivity contribution < 1.29 is 14.6 Å². The number of carboxylic acids is 1. The van der Waals surface area contributed by atoms with Crippen molar-refractivity contribution in [1.29, 1.82) is 0 Å². The van der Waals surface area contributed by atoms with Crippen molar-refractivity contribution in [2.75, 3.05) is 12.3 Å². The SMILES string of the molecule is Nc1cc(C(=O)O)ccc1OCCC1CCCC1. The third-order valence-electron chi connectivity index (χ3n) is 3.52. The molecule has 18 heavy (non-hydrogen) atoms. The Morgan fingerprint density at radius 2 is 2.11 bits per heavy atom. The molecule has 0 aliphatic heterocycles. The molecule has 0 saturated heterocycles. The van der Waals surface area contributed by atoms with Crippen molar-refractivity contribution in [2.24, 2.45) is 5.92 Å². The average Bonchev–Trinajstić information content (AvgIpc) is 2.84. The molecule has 0 amide bonds. The van der Waals surface area contributed by atoms with E-state index in [1.807, 2.05) is 0 Å². The number of rotatable bonds is 5. The molecule has 1 aliphatic rings. The van der Waals surface area contributed by atoms with E-state index in [0.717, 1.165) is 12.3 Å². The van der Waals surface area contributed by atoms with Gasteiger partial charge in [-0.3, -0.25) is 0 Å². The Kier molecular flexibility index (Phi) is 4.07. The Morgan fingerprint density at radius 3 is 2.72 bits per heavy atom. The number of hydrogen-bond donors (Lipinski definition) is 2. The maximum Gasteiger partial charge on any atom is 0.335 e. The van der Waals surface area contributed by atoms with Crippen LogP contribution in [-0.2, 0) is 0 Å². The molecule has 3 N–H and O–H groups in total. The number of anilines is 1. The number of nitrogens with two attached hydrogens (primary N) is 1. The molecule has 1 aromatic rings. The zero-order chi connectivity index (χ0) is 13.0. The van der Waals surface area contributed by atoms with Gasteiger partial charge in [0, 0.05) is 0 Å². The van der Waals surface area contributed by atoms with Gasteiger partial charge in [-0.05, 0) is 30.5 Å². The lowest BCUT2D eigenvalue weighted by atomic mass is 10.1. The number of benzene rings is 1. The van der Waals surface area contributed by atoms with Crippen molar-refractivity contribution in [3.05, 3.63) is 23.8 Å². The molecule has 1 saturated carbocycles. The molecular weight excluding hydrogens is 230 g/mol. The molecule has 0 unspecified atom stereocenters. The van der Waals surface area contributed by atoms with Crippen LogP contribution in [0.3, 0.4) is 0 Å². The summed E-state index contributed by atoms with van der Waals surface area (Å²) in [6, 6.07) is 4.59. The number of nitrogen functional groups attached to an aromatic ring is 1. The topological polar surface area (TPSA) is 72.6 Å². The summed E-state index contributed by atoms with van der Waals surface area (Å²) in [6.07, 6.45) is 6.33. The second-order valence-corrected chi connectivity index (χ2v) is 4.85. The van der Waals surface area contributed by atoms with Gasteiger partial charge in [0.1, 0.15) is 5.75 Å². The predicted octanol–water partition coefficient (Wildman–Crippen LogP) is 2.93. The number of hydrogen-bond acceptors (Lipinski definition) is 3. The lowest BCUT2D eigenvalue weighted by Gasteiger charge is -2.12. The first-order valence-electron chi connectivity index (χ1n) is 6.42. The van der Waals surface area contributed by atoms with Crippen LogP contribution in [0.25, 0.3) is 0 Å². The maximum atomic E-state index is 10.8. The predicted molar refractivity (Wildman–Crippen MR) is 69.9 cm³/mol. The van der Waals surface area contributed by atoms with Gasteiger partial charge in [-0.2, -0.15) is 0 Å². The molecule has 1 fully saturated rings. The first-order chi connectivity index (χ1) is 8.66. The van der Waals surface area contributed by atoms with Gasteiger partial charge in [-0.25, -0.2) is 4.79 Å². The summed E-state index contributed by atoms with van der Waals surface area (Å²) < 4.78 is 5.62. The Morgan fingerprint density at radius 1 is 1.39 bits per heavy atom. The molecule has 4 nitrogen and oxygen atoms in total. The lowest BCUT2D eigenvalue weighted by Crippen LogP contribution is -2.06. The normalized spacial score (nSPS) is 15.8. The molecule has 0 heterocycles. The van der Waals surface area contributed by atoms with Crippen molar-refractivity contribution in [3.8, 4) is 5.75 Å². The Hall–Kier alpha value is -1.71. The molecule has 0 bridgehead atoms. The van der Waals surface area contributed by atoms with Gasteiger partial charge in [-0.1, -0.05) is 25.7 Å². The van der Waals surface area contributed by atoms with E-state index in [4.69, 9.17) is 15.6 Å². The summed E-state index contributed by atoms with van der Waals surface area (Å²) in [6.45, 7) is 0.654. The van der Waals surface area contributed by atoms with E-state index < -0.39 is 5.97 Å². The molecule has 0 radical (unpaired) electrons. The van der Waals surface area contributed by atoms with Gasteiger partial charge in [0.2, 0.25) is 0 Å². The highest BCUT2D eigenvalue weighted by Gasteiger charge is 2.15. The van der Waals surface area contributed by atoms with Crippen LogP contribution in [0, 0.1) is 5.92 Å². The molecule has 1 aromatic carbocycles. The van der Waals surface area contributed by atoms with Gasteiger partial charge < -0.3 is 15.6 Å². The number of carbonyl (C=O) groups is 1. The maximum absolute atomic E-state index is 10.8. The van der Waals surface area contributed by atoms with Gasteiger partial charge in [-0.15, -0.1) is 0 Å². The zero-order valence-corrected chi connectivity index (χ0v) is 10.4. The van der Waals surface area contributed by atoms with Crippen LogP contribution in [0.1, 0.15) is 42.5 Å². The fraction of sp³-hybridized carbons (Fsp3) is 0.500. The van der Waals surface area contributed by atoms with E-state index in [2.05, 4.69) is 0 Å². The molecule has 1 aliphatic carbocycles. The van der Waals surface area contributed by atoms with E-state index in [0.29, 0.717) is 18.0 Å². The minimum absolute atomic E-state index is 0.190. The van der Waals surface area contributed by atoms with Gasteiger partial charge in [0.25, 0.3) is 0 Å². The van der Waals surface area contributed by atoms with Crippen LogP contribution >= 0.6 is 0 Å². The van der Waals surface area contributed by atoms with E-state index in [1.54, 1.807) is 6.07 Å². The summed E-state index contributed by atoms with van der Waals surface area (Å²) in [5, 5.41) is 8.82. The minimum atomic E-state index is -0.973. The second-order valence-electron chi connectivity index (χ2n) is 4.85. The third-order valence-corrected chi connectivity index (χ3v) is 3.52. The van der Waals surface area contributed by atoms with Crippen molar-refractivity contribution >= 4 is 11.7 Å². The van der Waals surface area contributed by atoms with Crippen LogP contribution in [0.5, 0.6) is 5.75 Å². The molecule has 0 spiro atoms. The van der Waals surface area contributed by atoms with Crippen molar-refractivity contribution in [3.63, 3.8) is 0 Å². The summed E-state index contributed by atoms with van der Waals surface area (Å²) in [4.78, 5) is 10.8. The van der Waals surface area contributed by atoms with E-state index in [9.17, 15) is 4.79 Å². The molecule has 0 atom stereocenters.